The maximum Gasteiger partial charge on any atom is 0.240 e. The van der Waals surface area contributed by atoms with Crippen LogP contribution in [-0.4, -0.2) is 60.5 Å². The lowest BCUT2D eigenvalue weighted by Crippen LogP contribution is -2.58. The zero-order chi connectivity index (χ0) is 19.4. The third-order valence-corrected chi connectivity index (χ3v) is 6.59. The number of piperazine rings is 1. The number of rotatable bonds is 4. The molecule has 1 saturated carbocycles. The Morgan fingerprint density at radius 2 is 1.81 bits per heavy atom. The SMILES string of the molecule is C[C@H](C(=O)N(C)C1(C#N)CCCCC1)N1CCN(c2ccccc2Cl)CC1. The van der Waals surface area contributed by atoms with Crippen LogP contribution in [0.5, 0.6) is 0 Å². The van der Waals surface area contributed by atoms with Crippen molar-refractivity contribution >= 4 is 23.2 Å². The number of halogens is 1. The van der Waals surface area contributed by atoms with Gasteiger partial charge in [0.25, 0.3) is 0 Å². The van der Waals surface area contributed by atoms with Crippen molar-refractivity contribution in [3.63, 3.8) is 0 Å². The van der Waals surface area contributed by atoms with Crippen molar-refractivity contribution in [1.82, 2.24) is 9.80 Å². The van der Waals surface area contributed by atoms with Crippen LogP contribution in [0.4, 0.5) is 5.69 Å². The summed E-state index contributed by atoms with van der Waals surface area (Å²) in [6.07, 6.45) is 4.79. The van der Waals surface area contributed by atoms with Crippen LogP contribution in [0.15, 0.2) is 24.3 Å². The van der Waals surface area contributed by atoms with Gasteiger partial charge in [-0.25, -0.2) is 0 Å². The number of carbonyl (C=O) groups excluding carboxylic acids is 1. The molecule has 146 valence electrons. The molecule has 1 saturated heterocycles. The number of benzene rings is 1. The molecule has 2 aliphatic rings. The molecule has 1 atom stereocenters. The van der Waals surface area contributed by atoms with Gasteiger partial charge in [0.05, 0.1) is 22.8 Å². The number of para-hydroxylation sites is 1. The van der Waals surface area contributed by atoms with E-state index in [9.17, 15) is 10.1 Å². The molecule has 1 heterocycles. The molecule has 27 heavy (non-hydrogen) atoms. The van der Waals surface area contributed by atoms with E-state index in [1.54, 1.807) is 4.90 Å². The van der Waals surface area contributed by atoms with E-state index in [-0.39, 0.29) is 11.9 Å². The third kappa shape index (κ3) is 4.07. The predicted octanol–water partition coefficient (Wildman–Crippen LogP) is 3.54. The molecule has 1 aliphatic heterocycles. The lowest BCUT2D eigenvalue weighted by molar-refractivity contribution is -0.140. The largest absolute Gasteiger partial charge is 0.368 e. The second-order valence-corrected chi connectivity index (χ2v) is 8.16. The molecule has 2 fully saturated rings. The van der Waals surface area contributed by atoms with Crippen molar-refractivity contribution in [3.8, 4) is 6.07 Å². The van der Waals surface area contributed by atoms with Crippen LogP contribution in [0.1, 0.15) is 39.0 Å². The minimum absolute atomic E-state index is 0.0599. The molecule has 0 spiro atoms. The number of amides is 1. The summed E-state index contributed by atoms with van der Waals surface area (Å²) in [6.45, 7) is 5.28. The fraction of sp³-hybridized carbons (Fsp3) is 0.619. The number of hydrogen-bond acceptors (Lipinski definition) is 4. The molecule has 0 bridgehead atoms. The van der Waals surface area contributed by atoms with Crippen molar-refractivity contribution in [2.24, 2.45) is 0 Å². The molecule has 1 aromatic carbocycles. The lowest BCUT2D eigenvalue weighted by atomic mass is 9.81. The number of hydrogen-bond donors (Lipinski definition) is 0. The maximum absolute atomic E-state index is 13.1. The highest BCUT2D eigenvalue weighted by Crippen LogP contribution is 2.33. The number of anilines is 1. The van der Waals surface area contributed by atoms with Gasteiger partial charge >= 0.3 is 0 Å². The maximum atomic E-state index is 13.1. The average Bonchev–Trinajstić information content (AvgIpc) is 2.73. The smallest absolute Gasteiger partial charge is 0.240 e. The molecular weight excluding hydrogens is 360 g/mol. The van der Waals surface area contributed by atoms with E-state index in [0.717, 1.165) is 69.0 Å². The molecule has 0 aromatic heterocycles. The Labute approximate surface area is 167 Å². The number of nitrogens with zero attached hydrogens (tertiary/aromatic N) is 4. The number of carbonyl (C=O) groups is 1. The molecule has 1 aromatic rings. The second-order valence-electron chi connectivity index (χ2n) is 7.75. The van der Waals surface area contributed by atoms with Gasteiger partial charge in [-0.1, -0.05) is 43.0 Å². The zero-order valence-electron chi connectivity index (χ0n) is 16.3. The summed E-state index contributed by atoms with van der Waals surface area (Å²) in [6, 6.07) is 10.1. The van der Waals surface area contributed by atoms with Crippen LogP contribution in [0, 0.1) is 11.3 Å². The van der Waals surface area contributed by atoms with Crippen molar-refractivity contribution < 1.29 is 4.79 Å². The van der Waals surface area contributed by atoms with E-state index >= 15 is 0 Å². The molecule has 1 amide bonds. The fourth-order valence-electron chi connectivity index (χ4n) is 4.36. The zero-order valence-corrected chi connectivity index (χ0v) is 17.1. The van der Waals surface area contributed by atoms with Gasteiger partial charge in [0.2, 0.25) is 5.91 Å². The van der Waals surface area contributed by atoms with Gasteiger partial charge in [-0.3, -0.25) is 9.69 Å². The molecule has 5 nitrogen and oxygen atoms in total. The van der Waals surface area contributed by atoms with Gasteiger partial charge in [-0.15, -0.1) is 0 Å². The van der Waals surface area contributed by atoms with Crippen LogP contribution in [0.3, 0.4) is 0 Å². The molecule has 0 radical (unpaired) electrons. The standard InChI is InChI=1S/C21H29ClN4O/c1-17(20(27)24(2)21(16-23)10-6-3-7-11-21)25-12-14-26(15-13-25)19-9-5-4-8-18(19)22/h4-5,8-9,17H,3,6-7,10-15H2,1-2H3/t17-/m1/s1. The Balaban J connectivity index is 1.61. The molecule has 0 N–H and O–H groups in total. The van der Waals surface area contributed by atoms with Gasteiger partial charge in [0.15, 0.2) is 0 Å². The summed E-state index contributed by atoms with van der Waals surface area (Å²) < 4.78 is 0. The second kappa shape index (κ2) is 8.50. The van der Waals surface area contributed by atoms with Gasteiger partial charge < -0.3 is 9.80 Å². The minimum atomic E-state index is -0.622. The average molecular weight is 389 g/mol. The summed E-state index contributed by atoms with van der Waals surface area (Å²) in [5, 5.41) is 10.5. The monoisotopic (exact) mass is 388 g/mol. The first kappa shape index (κ1) is 20.0. The summed E-state index contributed by atoms with van der Waals surface area (Å²) in [7, 11) is 1.81. The van der Waals surface area contributed by atoms with Crippen LogP contribution < -0.4 is 4.90 Å². The molecule has 3 rings (SSSR count). The Kier molecular flexibility index (Phi) is 6.29. The van der Waals surface area contributed by atoms with Crippen LogP contribution >= 0.6 is 11.6 Å². The van der Waals surface area contributed by atoms with E-state index in [2.05, 4.69) is 15.9 Å². The summed E-state index contributed by atoms with van der Waals surface area (Å²) in [5.41, 5.74) is 0.434. The van der Waals surface area contributed by atoms with E-state index in [1.807, 2.05) is 38.2 Å². The summed E-state index contributed by atoms with van der Waals surface area (Å²) in [4.78, 5) is 19.3. The molecule has 1 aliphatic carbocycles. The lowest BCUT2D eigenvalue weighted by Gasteiger charge is -2.43. The van der Waals surface area contributed by atoms with Crippen molar-refractivity contribution in [1.29, 1.82) is 5.26 Å². The van der Waals surface area contributed by atoms with E-state index in [4.69, 9.17) is 11.6 Å². The van der Waals surface area contributed by atoms with Crippen LogP contribution in [0.25, 0.3) is 0 Å². The quantitative estimate of drug-likeness (QED) is 0.791. The highest BCUT2D eigenvalue weighted by atomic mass is 35.5. The molecule has 0 unspecified atom stereocenters. The van der Waals surface area contributed by atoms with Gasteiger partial charge in [-0.2, -0.15) is 5.26 Å². The van der Waals surface area contributed by atoms with Gasteiger partial charge in [0.1, 0.15) is 5.54 Å². The number of nitriles is 1. The minimum Gasteiger partial charge on any atom is -0.368 e. The first-order valence-electron chi connectivity index (χ1n) is 9.91. The van der Waals surface area contributed by atoms with Crippen molar-refractivity contribution in [2.75, 3.05) is 38.1 Å². The number of likely N-dealkylation sites (N-methyl/N-ethyl adjacent to an activating group) is 1. The van der Waals surface area contributed by atoms with Crippen LogP contribution in [-0.2, 0) is 4.79 Å². The van der Waals surface area contributed by atoms with Crippen molar-refractivity contribution in [2.45, 2.75) is 50.6 Å². The van der Waals surface area contributed by atoms with Crippen LogP contribution in [0.2, 0.25) is 5.02 Å². The topological polar surface area (TPSA) is 50.6 Å². The Hall–Kier alpha value is -1.77. The predicted molar refractivity (Wildman–Crippen MR) is 109 cm³/mol. The Morgan fingerprint density at radius 3 is 2.41 bits per heavy atom. The fourth-order valence-corrected chi connectivity index (χ4v) is 4.62. The van der Waals surface area contributed by atoms with E-state index in [0.29, 0.717) is 0 Å². The van der Waals surface area contributed by atoms with Crippen molar-refractivity contribution in [3.05, 3.63) is 29.3 Å². The van der Waals surface area contributed by atoms with Gasteiger partial charge in [0, 0.05) is 33.2 Å². The third-order valence-electron chi connectivity index (χ3n) is 6.27. The van der Waals surface area contributed by atoms with E-state index < -0.39 is 5.54 Å². The van der Waals surface area contributed by atoms with Gasteiger partial charge in [-0.05, 0) is 31.9 Å². The highest BCUT2D eigenvalue weighted by Gasteiger charge is 2.41. The highest BCUT2D eigenvalue weighted by molar-refractivity contribution is 6.33. The molecular formula is C21H29ClN4O. The first-order valence-corrected chi connectivity index (χ1v) is 10.3. The normalized spacial score (nSPS) is 21.3. The Morgan fingerprint density at radius 1 is 1.19 bits per heavy atom. The summed E-state index contributed by atoms with van der Waals surface area (Å²) in [5.74, 6) is 0.0599. The molecule has 6 heteroatoms. The van der Waals surface area contributed by atoms with E-state index in [1.165, 1.54) is 0 Å². The first-order chi connectivity index (χ1) is 13.0. The summed E-state index contributed by atoms with van der Waals surface area (Å²) >= 11 is 6.32. The Bertz CT molecular complexity index is 702.